The third-order valence-corrected chi connectivity index (χ3v) is 3.92. The molecule has 3 N–H and O–H groups in total. The van der Waals surface area contributed by atoms with E-state index in [1.165, 1.54) is 0 Å². The van der Waals surface area contributed by atoms with E-state index in [0.717, 1.165) is 18.4 Å². The SMILES string of the molecule is Cc1ccccc1C(=O)NC1CCN(C(=O)C(C)N)CC1.Cl. The summed E-state index contributed by atoms with van der Waals surface area (Å²) >= 11 is 0. The van der Waals surface area contributed by atoms with Gasteiger partial charge >= 0.3 is 0 Å². The number of rotatable bonds is 3. The van der Waals surface area contributed by atoms with Gasteiger partial charge in [-0.15, -0.1) is 12.4 Å². The number of hydrogen-bond acceptors (Lipinski definition) is 3. The molecule has 0 aromatic heterocycles. The van der Waals surface area contributed by atoms with E-state index in [4.69, 9.17) is 5.73 Å². The van der Waals surface area contributed by atoms with Gasteiger partial charge in [0.1, 0.15) is 0 Å². The van der Waals surface area contributed by atoms with Crippen LogP contribution in [0.15, 0.2) is 24.3 Å². The van der Waals surface area contributed by atoms with Crippen molar-refractivity contribution >= 4 is 24.2 Å². The van der Waals surface area contributed by atoms with E-state index in [0.29, 0.717) is 18.7 Å². The lowest BCUT2D eigenvalue weighted by atomic mass is 10.0. The second-order valence-electron chi connectivity index (χ2n) is 5.68. The summed E-state index contributed by atoms with van der Waals surface area (Å²) in [6.45, 7) is 4.94. The van der Waals surface area contributed by atoms with Crippen molar-refractivity contribution in [2.75, 3.05) is 13.1 Å². The first-order valence-electron chi connectivity index (χ1n) is 7.40. The number of aryl methyl sites for hydroxylation is 1. The Morgan fingerprint density at radius 2 is 1.86 bits per heavy atom. The average Bonchev–Trinajstić information content (AvgIpc) is 2.47. The number of nitrogens with two attached hydrogens (primary N) is 1. The van der Waals surface area contributed by atoms with Crippen molar-refractivity contribution in [2.24, 2.45) is 5.73 Å². The van der Waals surface area contributed by atoms with E-state index in [-0.39, 0.29) is 30.3 Å². The van der Waals surface area contributed by atoms with Gasteiger partial charge in [-0.1, -0.05) is 18.2 Å². The van der Waals surface area contributed by atoms with Crippen LogP contribution in [0.4, 0.5) is 0 Å². The Morgan fingerprint density at radius 1 is 1.27 bits per heavy atom. The number of carbonyl (C=O) groups excluding carboxylic acids is 2. The lowest BCUT2D eigenvalue weighted by Gasteiger charge is -2.33. The minimum Gasteiger partial charge on any atom is -0.349 e. The number of halogens is 1. The zero-order valence-electron chi connectivity index (χ0n) is 13.0. The highest BCUT2D eigenvalue weighted by atomic mass is 35.5. The predicted octanol–water partition coefficient (Wildman–Crippen LogP) is 1.48. The number of nitrogens with one attached hydrogen (secondary N) is 1. The second kappa shape index (κ2) is 8.15. The minimum absolute atomic E-state index is 0. The maximum absolute atomic E-state index is 12.2. The fourth-order valence-corrected chi connectivity index (χ4v) is 2.62. The molecule has 1 unspecified atom stereocenters. The Balaban J connectivity index is 0.00000242. The molecule has 1 aromatic rings. The zero-order chi connectivity index (χ0) is 15.4. The Kier molecular flexibility index (Phi) is 6.84. The fraction of sp³-hybridized carbons (Fsp3) is 0.500. The summed E-state index contributed by atoms with van der Waals surface area (Å²) in [5.41, 5.74) is 7.30. The van der Waals surface area contributed by atoms with E-state index in [2.05, 4.69) is 5.32 Å². The van der Waals surface area contributed by atoms with Crippen LogP contribution in [0.2, 0.25) is 0 Å². The van der Waals surface area contributed by atoms with E-state index < -0.39 is 6.04 Å². The summed E-state index contributed by atoms with van der Waals surface area (Å²) in [7, 11) is 0. The molecule has 1 atom stereocenters. The maximum Gasteiger partial charge on any atom is 0.251 e. The second-order valence-corrected chi connectivity index (χ2v) is 5.68. The molecule has 1 aliphatic rings. The van der Waals surface area contributed by atoms with Crippen LogP contribution < -0.4 is 11.1 Å². The van der Waals surface area contributed by atoms with Gasteiger partial charge in [0.2, 0.25) is 5.91 Å². The van der Waals surface area contributed by atoms with Gasteiger partial charge in [-0.05, 0) is 38.3 Å². The molecule has 0 radical (unpaired) electrons. The van der Waals surface area contributed by atoms with Crippen molar-refractivity contribution in [2.45, 2.75) is 38.8 Å². The Bertz CT molecular complexity index is 526. The van der Waals surface area contributed by atoms with E-state index in [9.17, 15) is 9.59 Å². The quantitative estimate of drug-likeness (QED) is 0.884. The highest BCUT2D eigenvalue weighted by Gasteiger charge is 2.25. The lowest BCUT2D eigenvalue weighted by molar-refractivity contribution is -0.133. The van der Waals surface area contributed by atoms with Gasteiger partial charge in [-0.3, -0.25) is 9.59 Å². The number of benzene rings is 1. The largest absolute Gasteiger partial charge is 0.349 e. The number of likely N-dealkylation sites (tertiary alicyclic amines) is 1. The lowest BCUT2D eigenvalue weighted by Crippen LogP contribution is -2.50. The molecular formula is C16H24ClN3O2. The fourth-order valence-electron chi connectivity index (χ4n) is 2.62. The van der Waals surface area contributed by atoms with E-state index >= 15 is 0 Å². The van der Waals surface area contributed by atoms with Crippen molar-refractivity contribution in [3.05, 3.63) is 35.4 Å². The molecule has 1 aromatic carbocycles. The van der Waals surface area contributed by atoms with Gasteiger partial charge < -0.3 is 16.0 Å². The third-order valence-electron chi connectivity index (χ3n) is 3.92. The van der Waals surface area contributed by atoms with Crippen LogP contribution in [0, 0.1) is 6.92 Å². The molecule has 0 saturated carbocycles. The van der Waals surface area contributed by atoms with Gasteiger partial charge in [0.15, 0.2) is 0 Å². The topological polar surface area (TPSA) is 75.4 Å². The van der Waals surface area contributed by atoms with Crippen molar-refractivity contribution in [1.82, 2.24) is 10.2 Å². The van der Waals surface area contributed by atoms with Crippen LogP contribution in [-0.2, 0) is 4.79 Å². The van der Waals surface area contributed by atoms with Gasteiger partial charge in [-0.25, -0.2) is 0 Å². The Labute approximate surface area is 137 Å². The summed E-state index contributed by atoms with van der Waals surface area (Å²) in [6, 6.07) is 7.21. The number of hydrogen-bond donors (Lipinski definition) is 2. The van der Waals surface area contributed by atoms with Crippen LogP contribution >= 0.6 is 12.4 Å². The van der Waals surface area contributed by atoms with Crippen LogP contribution in [0.3, 0.4) is 0 Å². The monoisotopic (exact) mass is 325 g/mol. The molecule has 5 nitrogen and oxygen atoms in total. The van der Waals surface area contributed by atoms with Gasteiger partial charge in [0, 0.05) is 24.7 Å². The molecule has 6 heteroatoms. The third kappa shape index (κ3) is 4.45. The molecule has 1 fully saturated rings. The highest BCUT2D eigenvalue weighted by molar-refractivity contribution is 5.95. The van der Waals surface area contributed by atoms with Gasteiger partial charge in [0.05, 0.1) is 6.04 Å². The van der Waals surface area contributed by atoms with Crippen molar-refractivity contribution in [1.29, 1.82) is 0 Å². The Morgan fingerprint density at radius 3 is 2.41 bits per heavy atom. The molecule has 1 aliphatic heterocycles. The predicted molar refractivity (Wildman–Crippen MR) is 89.1 cm³/mol. The zero-order valence-corrected chi connectivity index (χ0v) is 13.9. The minimum atomic E-state index is -0.455. The smallest absolute Gasteiger partial charge is 0.251 e. The number of carbonyl (C=O) groups is 2. The average molecular weight is 326 g/mol. The van der Waals surface area contributed by atoms with Crippen LogP contribution in [0.5, 0.6) is 0 Å². The molecule has 0 bridgehead atoms. The molecule has 0 spiro atoms. The standard InChI is InChI=1S/C16H23N3O2.ClH/c1-11-5-3-4-6-14(11)15(20)18-13-7-9-19(10-8-13)16(21)12(2)17;/h3-6,12-13H,7-10,17H2,1-2H3,(H,18,20);1H. The highest BCUT2D eigenvalue weighted by Crippen LogP contribution is 2.13. The summed E-state index contributed by atoms with van der Waals surface area (Å²) in [4.78, 5) is 25.8. The van der Waals surface area contributed by atoms with Gasteiger partial charge in [-0.2, -0.15) is 0 Å². The summed E-state index contributed by atoms with van der Waals surface area (Å²) in [5, 5.41) is 3.06. The number of piperidine rings is 1. The normalized spacial score (nSPS) is 16.6. The van der Waals surface area contributed by atoms with Crippen LogP contribution in [0.1, 0.15) is 35.7 Å². The van der Waals surface area contributed by atoms with E-state index in [1.54, 1.807) is 11.8 Å². The first kappa shape index (κ1) is 18.5. The van der Waals surface area contributed by atoms with Gasteiger partial charge in [0.25, 0.3) is 5.91 Å². The molecule has 22 heavy (non-hydrogen) atoms. The Hall–Kier alpha value is -1.59. The summed E-state index contributed by atoms with van der Waals surface area (Å²) in [6.07, 6.45) is 1.55. The first-order valence-corrected chi connectivity index (χ1v) is 7.40. The first-order chi connectivity index (χ1) is 9.99. The van der Waals surface area contributed by atoms with E-state index in [1.807, 2.05) is 31.2 Å². The summed E-state index contributed by atoms with van der Waals surface area (Å²) < 4.78 is 0. The van der Waals surface area contributed by atoms with Crippen molar-refractivity contribution < 1.29 is 9.59 Å². The number of amides is 2. The maximum atomic E-state index is 12.2. The van der Waals surface area contributed by atoms with Crippen molar-refractivity contribution in [3.8, 4) is 0 Å². The molecule has 122 valence electrons. The molecule has 0 aliphatic carbocycles. The summed E-state index contributed by atoms with van der Waals surface area (Å²) in [5.74, 6) is -0.0521. The molecule has 2 amide bonds. The molecule has 1 heterocycles. The van der Waals surface area contributed by atoms with Crippen molar-refractivity contribution in [3.63, 3.8) is 0 Å². The number of nitrogens with zero attached hydrogens (tertiary/aromatic N) is 1. The van der Waals surface area contributed by atoms with Crippen LogP contribution in [-0.4, -0.2) is 41.9 Å². The molecular weight excluding hydrogens is 302 g/mol. The molecule has 2 rings (SSSR count). The molecule has 1 saturated heterocycles. The van der Waals surface area contributed by atoms with Crippen LogP contribution in [0.25, 0.3) is 0 Å².